The van der Waals surface area contributed by atoms with Gasteiger partial charge < -0.3 is 9.47 Å². The van der Waals surface area contributed by atoms with E-state index in [1.54, 1.807) is 24.3 Å². The molecule has 0 aliphatic rings. The molecule has 0 N–H and O–H groups in total. The van der Waals surface area contributed by atoms with Crippen molar-refractivity contribution in [3.05, 3.63) is 24.3 Å². The second-order valence-corrected chi connectivity index (χ2v) is 3.38. The van der Waals surface area contributed by atoms with E-state index in [9.17, 15) is 0 Å². The van der Waals surface area contributed by atoms with Gasteiger partial charge in [0, 0.05) is 12.1 Å². The molecule has 0 aromatic carbocycles. The van der Waals surface area contributed by atoms with E-state index in [2.05, 4.69) is 20.4 Å². The third kappa shape index (κ3) is 2.91. The second kappa shape index (κ2) is 5.90. The van der Waals surface area contributed by atoms with Crippen molar-refractivity contribution in [2.24, 2.45) is 0 Å². The lowest BCUT2D eigenvalue weighted by molar-refractivity contribution is 0.322. The first-order valence-corrected chi connectivity index (χ1v) is 5.77. The predicted octanol–water partition coefficient (Wildman–Crippen LogP) is 1.73. The minimum absolute atomic E-state index is 0.500. The molecule has 0 spiro atoms. The molecule has 2 heterocycles. The molecule has 6 heteroatoms. The first kappa shape index (κ1) is 12.2. The lowest BCUT2D eigenvalue weighted by Crippen LogP contribution is -1.99. The highest BCUT2D eigenvalue weighted by Gasteiger charge is 2.04. The van der Waals surface area contributed by atoms with Crippen LogP contribution in [0.1, 0.15) is 13.8 Å². The van der Waals surface area contributed by atoms with E-state index in [0.29, 0.717) is 36.4 Å². The summed E-state index contributed by atoms with van der Waals surface area (Å²) in [6.07, 6.45) is 0. The summed E-state index contributed by atoms with van der Waals surface area (Å²) in [6.45, 7) is 4.93. The molecule has 18 heavy (non-hydrogen) atoms. The van der Waals surface area contributed by atoms with Crippen molar-refractivity contribution in [1.29, 1.82) is 0 Å². The number of hydrogen-bond acceptors (Lipinski definition) is 6. The average molecular weight is 246 g/mol. The topological polar surface area (TPSA) is 70.0 Å². The van der Waals surface area contributed by atoms with Crippen molar-refractivity contribution in [2.75, 3.05) is 13.2 Å². The van der Waals surface area contributed by atoms with Crippen LogP contribution in [0.5, 0.6) is 11.8 Å². The van der Waals surface area contributed by atoms with Gasteiger partial charge in [0.25, 0.3) is 0 Å². The van der Waals surface area contributed by atoms with Crippen molar-refractivity contribution in [2.45, 2.75) is 13.8 Å². The number of rotatable bonds is 5. The van der Waals surface area contributed by atoms with Gasteiger partial charge in [0.1, 0.15) is 11.4 Å². The van der Waals surface area contributed by atoms with Crippen molar-refractivity contribution < 1.29 is 9.47 Å². The van der Waals surface area contributed by atoms with Crippen LogP contribution in [0.4, 0.5) is 0 Å². The molecule has 0 fully saturated rings. The Kier molecular flexibility index (Phi) is 4.01. The van der Waals surface area contributed by atoms with E-state index < -0.39 is 0 Å². The highest BCUT2D eigenvalue weighted by Crippen LogP contribution is 2.16. The second-order valence-electron chi connectivity index (χ2n) is 3.38. The number of nitrogens with zero attached hydrogens (tertiary/aromatic N) is 4. The fourth-order valence-corrected chi connectivity index (χ4v) is 1.36. The lowest BCUT2D eigenvalue weighted by atomic mass is 10.3. The number of ether oxygens (including phenoxy) is 2. The molecule has 94 valence electrons. The summed E-state index contributed by atoms with van der Waals surface area (Å²) in [5.74, 6) is 1.00. The SMILES string of the molecule is CCOc1ccc(-c2ccc(OCC)nn2)nn1. The lowest BCUT2D eigenvalue weighted by Gasteiger charge is -2.03. The summed E-state index contributed by atoms with van der Waals surface area (Å²) in [6, 6.07) is 7.10. The normalized spacial score (nSPS) is 10.1. The molecule has 0 amide bonds. The molecule has 0 aliphatic heterocycles. The maximum Gasteiger partial charge on any atom is 0.233 e. The van der Waals surface area contributed by atoms with Gasteiger partial charge in [-0.25, -0.2) is 0 Å². The summed E-state index contributed by atoms with van der Waals surface area (Å²) >= 11 is 0. The van der Waals surface area contributed by atoms with Crippen LogP contribution in [-0.4, -0.2) is 33.6 Å². The van der Waals surface area contributed by atoms with E-state index in [1.165, 1.54) is 0 Å². The van der Waals surface area contributed by atoms with E-state index >= 15 is 0 Å². The van der Waals surface area contributed by atoms with Crippen LogP contribution in [0.3, 0.4) is 0 Å². The zero-order chi connectivity index (χ0) is 12.8. The largest absolute Gasteiger partial charge is 0.477 e. The zero-order valence-electron chi connectivity index (χ0n) is 10.3. The van der Waals surface area contributed by atoms with Crippen molar-refractivity contribution in [3.8, 4) is 23.1 Å². The highest BCUT2D eigenvalue weighted by molar-refractivity contribution is 5.52. The Morgan fingerprint density at radius 1 is 0.722 bits per heavy atom. The van der Waals surface area contributed by atoms with Crippen LogP contribution in [0.2, 0.25) is 0 Å². The van der Waals surface area contributed by atoms with Gasteiger partial charge in [-0.2, -0.15) is 0 Å². The quantitative estimate of drug-likeness (QED) is 0.800. The van der Waals surface area contributed by atoms with Crippen molar-refractivity contribution in [1.82, 2.24) is 20.4 Å². The van der Waals surface area contributed by atoms with E-state index in [1.807, 2.05) is 13.8 Å². The molecule has 0 unspecified atom stereocenters. The Balaban J connectivity index is 2.15. The molecule has 0 saturated carbocycles. The van der Waals surface area contributed by atoms with Crippen LogP contribution in [0, 0.1) is 0 Å². The summed E-state index contributed by atoms with van der Waals surface area (Å²) in [5, 5.41) is 15.9. The predicted molar refractivity (Wildman–Crippen MR) is 65.4 cm³/mol. The summed E-state index contributed by atoms with van der Waals surface area (Å²) < 4.78 is 10.4. The molecular formula is C12H14N4O2. The van der Waals surface area contributed by atoms with Crippen LogP contribution in [0.15, 0.2) is 24.3 Å². The summed E-state index contributed by atoms with van der Waals surface area (Å²) in [4.78, 5) is 0. The summed E-state index contributed by atoms with van der Waals surface area (Å²) in [5.41, 5.74) is 1.29. The molecule has 6 nitrogen and oxygen atoms in total. The minimum Gasteiger partial charge on any atom is -0.477 e. The van der Waals surface area contributed by atoms with Crippen LogP contribution < -0.4 is 9.47 Å². The third-order valence-corrected chi connectivity index (χ3v) is 2.13. The molecule has 0 radical (unpaired) electrons. The van der Waals surface area contributed by atoms with Gasteiger partial charge in [0.15, 0.2) is 0 Å². The Bertz CT molecular complexity index is 437. The number of hydrogen-bond donors (Lipinski definition) is 0. The molecule has 2 aromatic heterocycles. The van der Waals surface area contributed by atoms with Gasteiger partial charge in [-0.15, -0.1) is 20.4 Å². The Hall–Kier alpha value is -2.24. The first-order chi connectivity index (χ1) is 8.83. The van der Waals surface area contributed by atoms with E-state index in [-0.39, 0.29) is 0 Å². The van der Waals surface area contributed by atoms with E-state index in [4.69, 9.17) is 9.47 Å². The van der Waals surface area contributed by atoms with Crippen LogP contribution in [0.25, 0.3) is 11.4 Å². The standard InChI is InChI=1S/C12H14N4O2/c1-3-17-11-7-5-9(13-15-11)10-6-8-12(16-14-10)18-4-2/h5-8H,3-4H2,1-2H3. The van der Waals surface area contributed by atoms with Gasteiger partial charge in [-0.05, 0) is 26.0 Å². The molecule has 2 rings (SSSR count). The van der Waals surface area contributed by atoms with E-state index in [0.717, 1.165) is 0 Å². The van der Waals surface area contributed by atoms with Gasteiger partial charge in [0.2, 0.25) is 11.8 Å². The Morgan fingerprint density at radius 2 is 1.17 bits per heavy atom. The first-order valence-electron chi connectivity index (χ1n) is 5.77. The number of aromatic nitrogens is 4. The van der Waals surface area contributed by atoms with Crippen LogP contribution in [-0.2, 0) is 0 Å². The van der Waals surface area contributed by atoms with Gasteiger partial charge in [-0.3, -0.25) is 0 Å². The van der Waals surface area contributed by atoms with Crippen LogP contribution >= 0.6 is 0 Å². The molecule has 0 bridgehead atoms. The fourth-order valence-electron chi connectivity index (χ4n) is 1.36. The molecule has 2 aromatic rings. The molecule has 0 aliphatic carbocycles. The molecule has 0 saturated heterocycles. The molecular weight excluding hydrogens is 232 g/mol. The van der Waals surface area contributed by atoms with Gasteiger partial charge >= 0.3 is 0 Å². The Labute approximate surface area is 105 Å². The van der Waals surface area contributed by atoms with Crippen molar-refractivity contribution >= 4 is 0 Å². The fraction of sp³-hybridized carbons (Fsp3) is 0.333. The average Bonchev–Trinajstić information content (AvgIpc) is 2.41. The Morgan fingerprint density at radius 3 is 1.44 bits per heavy atom. The monoisotopic (exact) mass is 246 g/mol. The minimum atomic E-state index is 0.500. The zero-order valence-corrected chi connectivity index (χ0v) is 10.3. The molecule has 0 atom stereocenters. The maximum atomic E-state index is 5.22. The van der Waals surface area contributed by atoms with Gasteiger partial charge in [0.05, 0.1) is 13.2 Å². The summed E-state index contributed by atoms with van der Waals surface area (Å²) in [7, 11) is 0. The third-order valence-electron chi connectivity index (χ3n) is 2.13. The van der Waals surface area contributed by atoms with Gasteiger partial charge in [-0.1, -0.05) is 0 Å². The van der Waals surface area contributed by atoms with Crippen molar-refractivity contribution in [3.63, 3.8) is 0 Å². The smallest absolute Gasteiger partial charge is 0.233 e. The maximum absolute atomic E-state index is 5.22. The highest BCUT2D eigenvalue weighted by atomic mass is 16.5.